The van der Waals surface area contributed by atoms with Gasteiger partial charge < -0.3 is 16.2 Å². The van der Waals surface area contributed by atoms with E-state index in [0.717, 1.165) is 5.75 Å². The first kappa shape index (κ1) is 14.4. The predicted molar refractivity (Wildman–Crippen MR) is 70.4 cm³/mol. The molecule has 1 atom stereocenters. The van der Waals surface area contributed by atoms with Crippen LogP contribution in [0.1, 0.15) is 13.3 Å². The van der Waals surface area contributed by atoms with Gasteiger partial charge in [0.05, 0.1) is 11.8 Å². The normalized spacial score (nSPS) is 20.0. The molecular weight excluding hydrogens is 256 g/mol. The van der Waals surface area contributed by atoms with Crippen molar-refractivity contribution >= 4 is 29.4 Å². The van der Waals surface area contributed by atoms with Gasteiger partial charge in [0.25, 0.3) is 5.91 Å². The van der Waals surface area contributed by atoms with Crippen molar-refractivity contribution in [3.8, 4) is 0 Å². The molecular formula is C10H16N4O3S. The van der Waals surface area contributed by atoms with Crippen LogP contribution in [-0.2, 0) is 4.79 Å². The van der Waals surface area contributed by atoms with Gasteiger partial charge in [-0.25, -0.2) is 10.2 Å². The number of nitrogens with two attached hydrogens (primary N) is 1. The van der Waals surface area contributed by atoms with E-state index in [0.29, 0.717) is 6.42 Å². The first-order chi connectivity index (χ1) is 8.47. The maximum absolute atomic E-state index is 11.7. The van der Waals surface area contributed by atoms with Gasteiger partial charge in [0.2, 0.25) is 0 Å². The average molecular weight is 272 g/mol. The summed E-state index contributed by atoms with van der Waals surface area (Å²) in [7, 11) is 0. The number of nitrogens with zero attached hydrogens (tertiary/aromatic N) is 1. The molecule has 0 unspecified atom stereocenters. The smallest absolute Gasteiger partial charge is 0.332 e. The van der Waals surface area contributed by atoms with Crippen molar-refractivity contribution in [3.63, 3.8) is 0 Å². The highest BCUT2D eigenvalue weighted by molar-refractivity contribution is 7.98. The summed E-state index contributed by atoms with van der Waals surface area (Å²) >= 11 is 1.63. The Bertz CT molecular complexity index is 419. The Kier molecular flexibility index (Phi) is 5.02. The lowest BCUT2D eigenvalue weighted by molar-refractivity contribution is -0.116. The van der Waals surface area contributed by atoms with Crippen molar-refractivity contribution in [2.75, 3.05) is 12.0 Å². The van der Waals surface area contributed by atoms with Crippen molar-refractivity contribution in [1.82, 2.24) is 10.7 Å². The largest absolute Gasteiger partial charge is 0.509 e. The molecule has 1 aliphatic heterocycles. The third kappa shape index (κ3) is 3.39. The molecule has 1 rings (SSSR count). The molecule has 0 aromatic rings. The number of nitrogens with one attached hydrogen (secondary N) is 2. The van der Waals surface area contributed by atoms with Crippen molar-refractivity contribution in [2.24, 2.45) is 10.8 Å². The molecule has 1 heterocycles. The summed E-state index contributed by atoms with van der Waals surface area (Å²) < 4.78 is 0. The van der Waals surface area contributed by atoms with E-state index in [-0.39, 0.29) is 17.0 Å². The number of carbonyl (C=O) groups is 2. The minimum Gasteiger partial charge on any atom is -0.509 e. The fourth-order valence-corrected chi connectivity index (χ4v) is 2.05. The summed E-state index contributed by atoms with van der Waals surface area (Å²) in [5.74, 6) is 0.380. The van der Waals surface area contributed by atoms with Crippen LogP contribution in [0.3, 0.4) is 0 Å². The Morgan fingerprint density at radius 3 is 2.89 bits per heavy atom. The lowest BCUT2D eigenvalue weighted by Crippen LogP contribution is -2.30. The first-order valence-corrected chi connectivity index (χ1v) is 6.69. The molecule has 0 aliphatic carbocycles. The lowest BCUT2D eigenvalue weighted by Gasteiger charge is -2.09. The zero-order valence-corrected chi connectivity index (χ0v) is 11.0. The van der Waals surface area contributed by atoms with E-state index in [2.05, 4.69) is 10.4 Å². The second-order valence-electron chi connectivity index (χ2n) is 3.74. The number of hydrogen-bond acceptors (Lipinski definition) is 5. The van der Waals surface area contributed by atoms with E-state index < -0.39 is 18.0 Å². The molecule has 7 nitrogen and oxygen atoms in total. The Hall–Kier alpha value is -1.70. The zero-order valence-electron chi connectivity index (χ0n) is 10.2. The number of aliphatic hydroxyl groups is 1. The number of hydrazone groups is 1. The van der Waals surface area contributed by atoms with Gasteiger partial charge in [0, 0.05) is 0 Å². The fourth-order valence-electron chi connectivity index (χ4n) is 1.58. The van der Waals surface area contributed by atoms with E-state index in [4.69, 9.17) is 5.73 Å². The van der Waals surface area contributed by atoms with Crippen molar-refractivity contribution < 1.29 is 14.7 Å². The second kappa shape index (κ2) is 6.29. The number of carbonyl (C=O) groups excluding carboxylic acids is 2. The summed E-state index contributed by atoms with van der Waals surface area (Å²) in [5, 5.41) is 16.2. The molecule has 0 radical (unpaired) electrons. The summed E-state index contributed by atoms with van der Waals surface area (Å²) in [4.78, 5) is 22.2. The van der Waals surface area contributed by atoms with Crippen molar-refractivity contribution in [3.05, 3.63) is 11.3 Å². The number of urea groups is 1. The monoisotopic (exact) mass is 272 g/mol. The van der Waals surface area contributed by atoms with Crippen LogP contribution in [0.25, 0.3) is 0 Å². The van der Waals surface area contributed by atoms with Crippen LogP contribution >= 0.6 is 11.8 Å². The lowest BCUT2D eigenvalue weighted by atomic mass is 10.1. The predicted octanol–water partition coefficient (Wildman–Crippen LogP) is 0.0942. The van der Waals surface area contributed by atoms with E-state index in [9.17, 15) is 14.7 Å². The molecule has 0 aromatic heterocycles. The van der Waals surface area contributed by atoms with Gasteiger partial charge in [-0.05, 0) is 25.4 Å². The number of thioether (sulfide) groups is 1. The van der Waals surface area contributed by atoms with E-state index in [1.165, 1.54) is 6.92 Å². The molecule has 0 spiro atoms. The highest BCUT2D eigenvalue weighted by Crippen LogP contribution is 2.19. The molecule has 0 fully saturated rings. The average Bonchev–Trinajstić information content (AvgIpc) is 2.59. The Morgan fingerprint density at radius 2 is 2.33 bits per heavy atom. The molecule has 0 aromatic carbocycles. The topological polar surface area (TPSA) is 117 Å². The molecule has 0 saturated heterocycles. The van der Waals surface area contributed by atoms with E-state index in [1.807, 2.05) is 11.7 Å². The van der Waals surface area contributed by atoms with Crippen LogP contribution in [0.4, 0.5) is 4.79 Å². The van der Waals surface area contributed by atoms with E-state index in [1.54, 1.807) is 11.8 Å². The van der Waals surface area contributed by atoms with Crippen molar-refractivity contribution in [2.45, 2.75) is 19.4 Å². The highest BCUT2D eigenvalue weighted by atomic mass is 32.2. The van der Waals surface area contributed by atoms with Gasteiger partial charge in [-0.2, -0.15) is 16.9 Å². The number of aliphatic hydroxyl groups excluding tert-OH is 1. The molecule has 8 heteroatoms. The molecule has 5 N–H and O–H groups in total. The van der Waals surface area contributed by atoms with Crippen LogP contribution in [-0.4, -0.2) is 40.8 Å². The summed E-state index contributed by atoms with van der Waals surface area (Å²) in [6.07, 6.45) is 2.58. The molecule has 0 saturated carbocycles. The second-order valence-corrected chi connectivity index (χ2v) is 4.73. The quantitative estimate of drug-likeness (QED) is 0.419. The molecule has 0 bridgehead atoms. The van der Waals surface area contributed by atoms with Crippen LogP contribution in [0.15, 0.2) is 16.4 Å². The third-order valence-electron chi connectivity index (χ3n) is 2.42. The first-order valence-electron chi connectivity index (χ1n) is 5.30. The van der Waals surface area contributed by atoms with Gasteiger partial charge in [-0.1, -0.05) is 0 Å². The standard InChI is InChI=1S/C10H16N4O3S/c1-5(13-14-10(11)17)7-8(15)6(3-4-18-2)12-9(7)16/h6,15H,3-4H2,1-2H3,(H,12,16)(H3,11,14,17)/b13-5+/t6-/m1/s1. The Balaban J connectivity index is 2.84. The summed E-state index contributed by atoms with van der Waals surface area (Å²) in [6, 6.07) is -1.22. The van der Waals surface area contributed by atoms with Gasteiger partial charge in [-0.3, -0.25) is 4.79 Å². The van der Waals surface area contributed by atoms with Crippen LogP contribution < -0.4 is 16.5 Å². The summed E-state index contributed by atoms with van der Waals surface area (Å²) in [6.45, 7) is 1.51. The molecule has 3 amide bonds. The van der Waals surface area contributed by atoms with Crippen LogP contribution in [0.2, 0.25) is 0 Å². The maximum Gasteiger partial charge on any atom is 0.332 e. The van der Waals surface area contributed by atoms with Gasteiger partial charge in [0.1, 0.15) is 11.3 Å². The number of hydrogen-bond donors (Lipinski definition) is 4. The van der Waals surface area contributed by atoms with Crippen LogP contribution in [0.5, 0.6) is 0 Å². The summed E-state index contributed by atoms with van der Waals surface area (Å²) in [5.41, 5.74) is 7.19. The number of primary amides is 1. The van der Waals surface area contributed by atoms with Gasteiger partial charge in [-0.15, -0.1) is 0 Å². The number of amides is 3. The SMILES string of the molecule is CSCC[C@H]1NC(=O)C(/C(C)=N/NC(N)=O)=C1O. The Labute approximate surface area is 109 Å². The van der Waals surface area contributed by atoms with Crippen molar-refractivity contribution in [1.29, 1.82) is 0 Å². The minimum absolute atomic E-state index is 0.0402. The minimum atomic E-state index is -0.827. The maximum atomic E-state index is 11.7. The fraction of sp³-hybridized carbons (Fsp3) is 0.500. The number of rotatable bonds is 5. The molecule has 100 valence electrons. The van der Waals surface area contributed by atoms with Crippen LogP contribution in [0, 0.1) is 0 Å². The third-order valence-corrected chi connectivity index (χ3v) is 3.07. The highest BCUT2D eigenvalue weighted by Gasteiger charge is 2.32. The molecule has 18 heavy (non-hydrogen) atoms. The van der Waals surface area contributed by atoms with Gasteiger partial charge >= 0.3 is 6.03 Å². The van der Waals surface area contributed by atoms with Gasteiger partial charge in [0.15, 0.2) is 0 Å². The molecule has 1 aliphatic rings. The zero-order chi connectivity index (χ0) is 13.7. The Morgan fingerprint density at radius 1 is 1.67 bits per heavy atom. The van der Waals surface area contributed by atoms with E-state index >= 15 is 0 Å².